The predicted octanol–water partition coefficient (Wildman–Crippen LogP) is 1.94. The number of aromatic nitrogens is 4. The van der Waals surface area contributed by atoms with Gasteiger partial charge in [0, 0.05) is 57.7 Å². The zero-order valence-electron chi connectivity index (χ0n) is 15.1. The molecule has 0 spiro atoms. The zero-order valence-corrected chi connectivity index (χ0v) is 15.1. The van der Waals surface area contributed by atoms with Crippen molar-refractivity contribution >= 4 is 5.91 Å². The van der Waals surface area contributed by atoms with Crippen molar-refractivity contribution in [3.63, 3.8) is 0 Å². The lowest BCUT2D eigenvalue weighted by Crippen LogP contribution is -2.36. The summed E-state index contributed by atoms with van der Waals surface area (Å²) in [7, 11) is 3.51. The van der Waals surface area contributed by atoms with Crippen molar-refractivity contribution in [3.05, 3.63) is 35.7 Å². The summed E-state index contributed by atoms with van der Waals surface area (Å²) in [6.45, 7) is 9.03. The van der Waals surface area contributed by atoms with E-state index in [4.69, 9.17) is 0 Å². The van der Waals surface area contributed by atoms with Crippen LogP contribution in [0.15, 0.2) is 18.6 Å². The Balaban J connectivity index is 1.76. The molecule has 1 aliphatic rings. The molecule has 0 radical (unpaired) electrons. The molecule has 7 nitrogen and oxygen atoms in total. The van der Waals surface area contributed by atoms with Gasteiger partial charge >= 0.3 is 0 Å². The monoisotopic (exact) mass is 330 g/mol. The van der Waals surface area contributed by atoms with Gasteiger partial charge in [0.1, 0.15) is 11.5 Å². The molecule has 1 amide bonds. The number of hydrogen-bond acceptors (Lipinski definition) is 4. The molecular formula is C17H26N6O. The first-order valence-corrected chi connectivity index (χ1v) is 8.42. The van der Waals surface area contributed by atoms with Gasteiger partial charge in [0.2, 0.25) is 0 Å². The molecule has 3 rings (SSSR count). The van der Waals surface area contributed by atoms with Gasteiger partial charge in [-0.05, 0) is 20.8 Å². The van der Waals surface area contributed by atoms with Gasteiger partial charge in [-0.2, -0.15) is 5.10 Å². The minimum absolute atomic E-state index is 0.0474. The molecule has 24 heavy (non-hydrogen) atoms. The predicted molar refractivity (Wildman–Crippen MR) is 91.7 cm³/mol. The number of amides is 1. The van der Waals surface area contributed by atoms with E-state index in [0.29, 0.717) is 11.7 Å². The largest absolute Gasteiger partial charge is 0.343 e. The highest BCUT2D eigenvalue weighted by Crippen LogP contribution is 2.26. The number of imidazole rings is 1. The van der Waals surface area contributed by atoms with Crippen LogP contribution in [0.2, 0.25) is 0 Å². The number of hydrogen-bond donors (Lipinski definition) is 0. The normalized spacial score (nSPS) is 18.0. The highest BCUT2D eigenvalue weighted by atomic mass is 16.2. The number of carbonyl (C=O) groups is 1. The average Bonchev–Trinajstić information content (AvgIpc) is 3.16. The van der Waals surface area contributed by atoms with E-state index in [-0.39, 0.29) is 11.9 Å². The standard InChI is InChI=1S/C17H26N6O/c1-12(2)23-10-14(8-18-23)9-21-6-7-22-11-15(17(24)20(4)5)19-16(22)13(21)3/h8,10-13H,6-7,9H2,1-5H3/t13-/m0/s1. The van der Waals surface area contributed by atoms with Crippen LogP contribution in [0.4, 0.5) is 0 Å². The van der Waals surface area contributed by atoms with Crippen LogP contribution in [0.1, 0.15) is 54.7 Å². The Labute approximate surface area is 142 Å². The molecule has 0 fully saturated rings. The first-order valence-electron chi connectivity index (χ1n) is 8.42. The van der Waals surface area contributed by atoms with Crippen molar-refractivity contribution in [2.24, 2.45) is 0 Å². The van der Waals surface area contributed by atoms with Crippen LogP contribution in [-0.2, 0) is 13.1 Å². The van der Waals surface area contributed by atoms with Gasteiger partial charge in [-0.15, -0.1) is 0 Å². The van der Waals surface area contributed by atoms with E-state index in [0.717, 1.165) is 25.5 Å². The van der Waals surface area contributed by atoms with Crippen LogP contribution < -0.4 is 0 Å². The van der Waals surface area contributed by atoms with Gasteiger partial charge in [-0.1, -0.05) is 0 Å². The Morgan fingerprint density at radius 3 is 2.71 bits per heavy atom. The molecule has 0 saturated heterocycles. The van der Waals surface area contributed by atoms with Gasteiger partial charge in [0.25, 0.3) is 5.91 Å². The second kappa shape index (κ2) is 6.39. The van der Waals surface area contributed by atoms with E-state index in [1.807, 2.05) is 17.1 Å². The van der Waals surface area contributed by atoms with Crippen molar-refractivity contribution in [1.29, 1.82) is 0 Å². The smallest absolute Gasteiger partial charge is 0.273 e. The summed E-state index contributed by atoms with van der Waals surface area (Å²) in [5.41, 5.74) is 1.73. The quantitative estimate of drug-likeness (QED) is 0.859. The highest BCUT2D eigenvalue weighted by Gasteiger charge is 2.28. The van der Waals surface area contributed by atoms with Gasteiger partial charge in [-0.25, -0.2) is 4.98 Å². The first-order chi connectivity index (χ1) is 11.4. The van der Waals surface area contributed by atoms with Crippen molar-refractivity contribution in [2.45, 2.75) is 45.9 Å². The molecule has 7 heteroatoms. The van der Waals surface area contributed by atoms with Crippen molar-refractivity contribution in [1.82, 2.24) is 29.1 Å². The average molecular weight is 330 g/mol. The van der Waals surface area contributed by atoms with E-state index in [9.17, 15) is 4.79 Å². The first kappa shape index (κ1) is 16.7. The van der Waals surface area contributed by atoms with Crippen LogP contribution in [0.25, 0.3) is 0 Å². The van der Waals surface area contributed by atoms with E-state index in [2.05, 4.69) is 46.5 Å². The molecule has 130 valence electrons. The Hall–Kier alpha value is -2.15. The third kappa shape index (κ3) is 3.08. The van der Waals surface area contributed by atoms with Crippen molar-refractivity contribution in [2.75, 3.05) is 20.6 Å². The third-order valence-corrected chi connectivity index (χ3v) is 4.55. The summed E-state index contributed by atoms with van der Waals surface area (Å²) < 4.78 is 4.09. The Morgan fingerprint density at radius 1 is 1.33 bits per heavy atom. The third-order valence-electron chi connectivity index (χ3n) is 4.55. The second-order valence-corrected chi connectivity index (χ2v) is 6.95. The molecule has 2 aromatic heterocycles. The van der Waals surface area contributed by atoms with E-state index < -0.39 is 0 Å². The maximum Gasteiger partial charge on any atom is 0.273 e. The number of carbonyl (C=O) groups excluding carboxylic acids is 1. The number of rotatable bonds is 4. The van der Waals surface area contributed by atoms with Crippen molar-refractivity contribution in [3.8, 4) is 0 Å². The molecule has 1 atom stereocenters. The Kier molecular flexibility index (Phi) is 4.45. The SMILES string of the molecule is CC(C)n1cc(CN2CCn3cc(C(=O)N(C)C)nc3[C@@H]2C)cn1. The van der Waals surface area contributed by atoms with Crippen LogP contribution in [0.5, 0.6) is 0 Å². The summed E-state index contributed by atoms with van der Waals surface area (Å²) in [6.07, 6.45) is 5.93. The second-order valence-electron chi connectivity index (χ2n) is 6.95. The summed E-state index contributed by atoms with van der Waals surface area (Å²) in [4.78, 5) is 20.7. The van der Waals surface area contributed by atoms with Gasteiger partial charge in [0.05, 0.1) is 12.2 Å². The van der Waals surface area contributed by atoms with Crippen LogP contribution in [0, 0.1) is 0 Å². The van der Waals surface area contributed by atoms with Gasteiger partial charge in [-0.3, -0.25) is 14.4 Å². The Bertz CT molecular complexity index is 729. The van der Waals surface area contributed by atoms with Crippen LogP contribution >= 0.6 is 0 Å². The highest BCUT2D eigenvalue weighted by molar-refractivity contribution is 5.91. The lowest BCUT2D eigenvalue weighted by Gasteiger charge is -2.33. The van der Waals surface area contributed by atoms with Gasteiger partial charge in [0.15, 0.2) is 0 Å². The topological polar surface area (TPSA) is 59.2 Å². The molecule has 0 unspecified atom stereocenters. The Morgan fingerprint density at radius 2 is 2.08 bits per heavy atom. The molecule has 0 N–H and O–H groups in total. The zero-order chi connectivity index (χ0) is 17.4. The molecule has 3 heterocycles. The number of fused-ring (bicyclic) bond motifs is 1. The van der Waals surface area contributed by atoms with Gasteiger partial charge < -0.3 is 9.47 Å². The lowest BCUT2D eigenvalue weighted by atomic mass is 10.2. The van der Waals surface area contributed by atoms with E-state index in [1.165, 1.54) is 5.56 Å². The molecule has 0 aromatic carbocycles. The summed E-state index contributed by atoms with van der Waals surface area (Å²) in [5, 5.41) is 4.42. The van der Waals surface area contributed by atoms with E-state index >= 15 is 0 Å². The summed E-state index contributed by atoms with van der Waals surface area (Å²) >= 11 is 0. The fraction of sp³-hybridized carbons (Fsp3) is 0.588. The van der Waals surface area contributed by atoms with Crippen LogP contribution in [0.3, 0.4) is 0 Å². The molecule has 0 bridgehead atoms. The maximum atomic E-state index is 12.1. The van der Waals surface area contributed by atoms with Crippen molar-refractivity contribution < 1.29 is 4.79 Å². The fourth-order valence-electron chi connectivity index (χ4n) is 3.06. The van der Waals surface area contributed by atoms with Crippen LogP contribution in [-0.4, -0.2) is 55.7 Å². The number of nitrogens with zero attached hydrogens (tertiary/aromatic N) is 6. The summed E-state index contributed by atoms with van der Waals surface area (Å²) in [6, 6.07) is 0.542. The van der Waals surface area contributed by atoms with E-state index in [1.54, 1.807) is 19.0 Å². The lowest BCUT2D eigenvalue weighted by molar-refractivity contribution is 0.0822. The molecule has 2 aromatic rings. The summed E-state index contributed by atoms with van der Waals surface area (Å²) in [5.74, 6) is 0.913. The molecule has 1 aliphatic heterocycles. The maximum absolute atomic E-state index is 12.1. The minimum Gasteiger partial charge on any atom is -0.343 e. The molecule has 0 aliphatic carbocycles. The molecular weight excluding hydrogens is 304 g/mol. The fourth-order valence-corrected chi connectivity index (χ4v) is 3.06. The minimum atomic E-state index is -0.0474. The molecule has 0 saturated carbocycles.